The molecule has 4 aromatic rings. The van der Waals surface area contributed by atoms with Gasteiger partial charge in [-0.15, -0.1) is 0 Å². The molecule has 5 rings (SSSR count). The Morgan fingerprint density at radius 2 is 1.74 bits per heavy atom. The first kappa shape index (κ1) is 22.8. The Bertz CT molecular complexity index is 1370. The average molecular weight is 468 g/mol. The van der Waals surface area contributed by atoms with Crippen molar-refractivity contribution in [1.29, 1.82) is 0 Å². The van der Waals surface area contributed by atoms with Gasteiger partial charge in [0.15, 0.2) is 5.65 Å². The summed E-state index contributed by atoms with van der Waals surface area (Å²) >= 11 is 0. The summed E-state index contributed by atoms with van der Waals surface area (Å²) in [5, 5.41) is 21.2. The van der Waals surface area contributed by atoms with Crippen molar-refractivity contribution in [2.75, 3.05) is 26.2 Å². The molecule has 3 N–H and O–H groups in total. The number of phenols is 1. The van der Waals surface area contributed by atoms with Crippen LogP contribution in [-0.2, 0) is 0 Å². The lowest BCUT2D eigenvalue weighted by molar-refractivity contribution is 0.0737. The van der Waals surface area contributed by atoms with Crippen molar-refractivity contribution in [2.24, 2.45) is 0 Å². The van der Waals surface area contributed by atoms with Crippen LogP contribution in [0.3, 0.4) is 0 Å². The second-order valence-corrected chi connectivity index (χ2v) is 9.13. The largest absolute Gasteiger partial charge is 0.508 e. The highest BCUT2D eigenvalue weighted by Gasteiger charge is 2.24. The molecule has 0 atom stereocenters. The molecule has 2 aromatic heterocycles. The van der Waals surface area contributed by atoms with E-state index < -0.39 is 0 Å². The molecule has 7 nitrogen and oxygen atoms in total. The van der Waals surface area contributed by atoms with Gasteiger partial charge in [-0.3, -0.25) is 9.89 Å². The highest BCUT2D eigenvalue weighted by molar-refractivity contribution is 6.09. The van der Waals surface area contributed by atoms with Gasteiger partial charge in [-0.25, -0.2) is 4.98 Å². The molecule has 0 aliphatic carbocycles. The lowest BCUT2D eigenvalue weighted by Crippen LogP contribution is -2.46. The minimum absolute atomic E-state index is 0.0312. The number of nitrogens with zero attached hydrogens (tertiary/aromatic N) is 3. The van der Waals surface area contributed by atoms with E-state index in [0.29, 0.717) is 41.3 Å². The van der Waals surface area contributed by atoms with Gasteiger partial charge in [0.05, 0.1) is 22.3 Å². The third kappa shape index (κ3) is 4.81. The summed E-state index contributed by atoms with van der Waals surface area (Å²) in [4.78, 5) is 20.2. The molecule has 0 unspecified atom stereocenters. The van der Waals surface area contributed by atoms with Crippen molar-refractivity contribution in [3.63, 3.8) is 0 Å². The molecule has 0 spiro atoms. The predicted octanol–water partition coefficient (Wildman–Crippen LogP) is 4.67. The highest BCUT2D eigenvalue weighted by atomic mass is 16.3. The molecule has 7 heteroatoms. The maximum Gasteiger partial charge on any atom is 0.254 e. The van der Waals surface area contributed by atoms with Crippen molar-refractivity contribution in [3.8, 4) is 17.0 Å². The quantitative estimate of drug-likeness (QED) is 0.397. The third-order valence-electron chi connectivity index (χ3n) is 6.40. The fourth-order valence-corrected chi connectivity index (χ4v) is 4.33. The molecule has 0 saturated carbocycles. The molecule has 0 bridgehead atoms. The van der Waals surface area contributed by atoms with Crippen LogP contribution in [-0.4, -0.2) is 57.3 Å². The third-order valence-corrected chi connectivity index (χ3v) is 6.40. The number of aromatic nitrogens is 3. The van der Waals surface area contributed by atoms with Crippen LogP contribution in [0.1, 0.15) is 46.9 Å². The lowest BCUT2D eigenvalue weighted by atomic mass is 10.0. The number of carbonyl (C=O) groups is 1. The van der Waals surface area contributed by atoms with E-state index in [1.165, 1.54) is 5.56 Å². The van der Waals surface area contributed by atoms with Gasteiger partial charge in [-0.1, -0.05) is 44.2 Å². The molecular formula is C28H29N5O2. The number of hydrogen-bond donors (Lipinski definition) is 3. The van der Waals surface area contributed by atoms with E-state index in [2.05, 4.69) is 53.6 Å². The zero-order chi connectivity index (χ0) is 24.4. The van der Waals surface area contributed by atoms with E-state index >= 15 is 0 Å². The molecule has 2 aromatic carbocycles. The fourth-order valence-electron chi connectivity index (χ4n) is 4.33. The van der Waals surface area contributed by atoms with Crippen LogP contribution in [0, 0.1) is 0 Å². The Labute approximate surface area is 204 Å². The van der Waals surface area contributed by atoms with Crippen molar-refractivity contribution < 1.29 is 9.90 Å². The smallest absolute Gasteiger partial charge is 0.254 e. The molecular weight excluding hydrogens is 438 g/mol. The molecule has 1 saturated heterocycles. The Hall–Kier alpha value is -3.97. The second-order valence-electron chi connectivity index (χ2n) is 9.13. The van der Waals surface area contributed by atoms with Crippen LogP contribution in [0.4, 0.5) is 0 Å². The standard InChI is InChI=1S/C28H29N5O2/c1-18(2)20-6-3-19(4-7-20)5-12-24-26-23(28(35)33-15-13-29-14-16-33)17-25(30-27(26)32-31-24)21-8-10-22(34)11-9-21/h3-12,17-18,29,34H,13-16H2,1-2H3,(H,30,31,32)/b12-5+. The summed E-state index contributed by atoms with van der Waals surface area (Å²) in [5.41, 5.74) is 5.63. The summed E-state index contributed by atoms with van der Waals surface area (Å²) in [6.07, 6.45) is 3.97. The summed E-state index contributed by atoms with van der Waals surface area (Å²) in [5.74, 6) is 0.633. The summed E-state index contributed by atoms with van der Waals surface area (Å²) in [6, 6.07) is 17.1. The number of hydrogen-bond acceptors (Lipinski definition) is 5. The number of amides is 1. The summed E-state index contributed by atoms with van der Waals surface area (Å²) in [6.45, 7) is 7.21. The van der Waals surface area contributed by atoms with Gasteiger partial charge in [0, 0.05) is 31.7 Å². The Morgan fingerprint density at radius 3 is 2.43 bits per heavy atom. The minimum Gasteiger partial charge on any atom is -0.508 e. The normalized spacial score (nSPS) is 14.3. The van der Waals surface area contributed by atoms with Crippen LogP contribution < -0.4 is 5.32 Å². The average Bonchev–Trinajstić information content (AvgIpc) is 3.30. The SMILES string of the molecule is CC(C)c1ccc(/C=C/c2[nH]nc3nc(-c4ccc(O)cc4)cc(C(=O)N4CCNCC4)c23)cc1. The van der Waals surface area contributed by atoms with Gasteiger partial charge in [0.25, 0.3) is 5.91 Å². The van der Waals surface area contributed by atoms with E-state index in [9.17, 15) is 9.90 Å². The zero-order valence-electron chi connectivity index (χ0n) is 20.0. The molecule has 1 aliphatic rings. The van der Waals surface area contributed by atoms with Gasteiger partial charge in [0.1, 0.15) is 5.75 Å². The predicted molar refractivity (Wildman–Crippen MR) is 139 cm³/mol. The number of rotatable bonds is 5. The number of nitrogens with one attached hydrogen (secondary N) is 2. The second kappa shape index (κ2) is 9.72. The fraction of sp³-hybridized carbons (Fsp3) is 0.250. The van der Waals surface area contributed by atoms with Gasteiger partial charge in [0.2, 0.25) is 0 Å². The van der Waals surface area contributed by atoms with Crippen LogP contribution in [0.2, 0.25) is 0 Å². The number of phenolic OH excluding ortho intramolecular Hbond substituents is 1. The highest BCUT2D eigenvalue weighted by Crippen LogP contribution is 2.29. The van der Waals surface area contributed by atoms with Gasteiger partial charge in [-0.2, -0.15) is 5.10 Å². The number of benzene rings is 2. The Morgan fingerprint density at radius 1 is 1.03 bits per heavy atom. The number of carbonyl (C=O) groups excluding carboxylic acids is 1. The van der Waals surface area contributed by atoms with Crippen molar-refractivity contribution in [3.05, 3.63) is 77.0 Å². The van der Waals surface area contributed by atoms with E-state index in [4.69, 9.17) is 4.98 Å². The number of H-pyrrole nitrogens is 1. The first-order valence-corrected chi connectivity index (χ1v) is 12.0. The van der Waals surface area contributed by atoms with Gasteiger partial charge >= 0.3 is 0 Å². The Balaban J connectivity index is 1.57. The van der Waals surface area contributed by atoms with Crippen molar-refractivity contribution in [2.45, 2.75) is 19.8 Å². The first-order chi connectivity index (χ1) is 17.0. The monoisotopic (exact) mass is 467 g/mol. The number of fused-ring (bicyclic) bond motifs is 1. The summed E-state index contributed by atoms with van der Waals surface area (Å²) < 4.78 is 0. The summed E-state index contributed by atoms with van der Waals surface area (Å²) in [7, 11) is 0. The molecule has 1 fully saturated rings. The molecule has 35 heavy (non-hydrogen) atoms. The molecule has 3 heterocycles. The van der Waals surface area contributed by atoms with E-state index in [1.807, 2.05) is 23.1 Å². The van der Waals surface area contributed by atoms with E-state index in [-0.39, 0.29) is 11.7 Å². The van der Waals surface area contributed by atoms with Crippen molar-refractivity contribution in [1.82, 2.24) is 25.4 Å². The maximum atomic E-state index is 13.6. The molecule has 0 radical (unpaired) electrons. The van der Waals surface area contributed by atoms with Crippen LogP contribution in [0.5, 0.6) is 5.75 Å². The molecule has 1 amide bonds. The van der Waals surface area contributed by atoms with Crippen LogP contribution in [0.15, 0.2) is 54.6 Å². The number of piperazine rings is 1. The Kier molecular flexibility index (Phi) is 6.33. The number of aromatic amines is 1. The zero-order valence-corrected chi connectivity index (χ0v) is 20.0. The van der Waals surface area contributed by atoms with Crippen LogP contribution >= 0.6 is 0 Å². The lowest BCUT2D eigenvalue weighted by Gasteiger charge is -2.27. The first-order valence-electron chi connectivity index (χ1n) is 12.0. The van der Waals surface area contributed by atoms with E-state index in [1.54, 1.807) is 24.3 Å². The van der Waals surface area contributed by atoms with Gasteiger partial charge in [-0.05, 0) is 53.5 Å². The van der Waals surface area contributed by atoms with Gasteiger partial charge < -0.3 is 15.3 Å². The minimum atomic E-state index is -0.0312. The maximum absolute atomic E-state index is 13.6. The number of pyridine rings is 1. The molecule has 178 valence electrons. The van der Waals surface area contributed by atoms with Crippen molar-refractivity contribution >= 4 is 29.1 Å². The number of aromatic hydroxyl groups is 1. The topological polar surface area (TPSA) is 94.1 Å². The van der Waals surface area contributed by atoms with Crippen LogP contribution in [0.25, 0.3) is 34.4 Å². The molecule has 1 aliphatic heterocycles. The van der Waals surface area contributed by atoms with E-state index in [0.717, 1.165) is 29.9 Å².